The van der Waals surface area contributed by atoms with Crippen molar-refractivity contribution in [1.82, 2.24) is 9.80 Å². The highest BCUT2D eigenvalue weighted by Gasteiger charge is 2.20. The van der Waals surface area contributed by atoms with Crippen LogP contribution in [-0.4, -0.2) is 54.2 Å². The normalized spacial score (nSPS) is 15.5. The molecule has 2 aromatic carbocycles. The van der Waals surface area contributed by atoms with Crippen molar-refractivity contribution in [2.75, 3.05) is 38.5 Å². The number of thioether (sulfide) groups is 1. The Bertz CT molecular complexity index is 695. The molecule has 1 fully saturated rings. The molecule has 0 saturated carbocycles. The first kappa shape index (κ1) is 18.7. The lowest BCUT2D eigenvalue weighted by molar-refractivity contribution is -0.129. The zero-order chi connectivity index (χ0) is 18.0. The number of hydrogen-bond acceptors (Lipinski definition) is 3. The first-order chi connectivity index (χ1) is 12.8. The Balaban J connectivity index is 1.34. The summed E-state index contributed by atoms with van der Waals surface area (Å²) in [6, 6.07) is 20.7. The Labute approximate surface area is 160 Å². The molecule has 0 aromatic heterocycles. The van der Waals surface area contributed by atoms with Gasteiger partial charge in [0.05, 0.1) is 5.75 Å². The largest absolute Gasteiger partial charge is 0.339 e. The second kappa shape index (κ2) is 10.2. The summed E-state index contributed by atoms with van der Waals surface area (Å²) in [5.41, 5.74) is 2.51. The lowest BCUT2D eigenvalue weighted by atomic mass is 10.2. The maximum absolute atomic E-state index is 12.4. The van der Waals surface area contributed by atoms with Gasteiger partial charge in [0.25, 0.3) is 0 Å². The molecule has 1 aliphatic rings. The predicted octanol–water partition coefficient (Wildman–Crippen LogP) is 3.78. The van der Waals surface area contributed by atoms with Gasteiger partial charge >= 0.3 is 0 Å². The summed E-state index contributed by atoms with van der Waals surface area (Å²) in [5.74, 6) is 1.74. The first-order valence-corrected chi connectivity index (χ1v) is 10.3. The van der Waals surface area contributed by atoms with Gasteiger partial charge in [-0.15, -0.1) is 11.8 Å². The van der Waals surface area contributed by atoms with E-state index in [0.29, 0.717) is 5.75 Å². The minimum atomic E-state index is 0.269. The van der Waals surface area contributed by atoms with E-state index in [-0.39, 0.29) is 5.91 Å². The fourth-order valence-electron chi connectivity index (χ4n) is 3.00. The number of nitrogens with zero attached hydrogens (tertiary/aromatic N) is 2. The van der Waals surface area contributed by atoms with E-state index in [4.69, 9.17) is 0 Å². The molecular weight excluding hydrogens is 340 g/mol. The Morgan fingerprint density at radius 2 is 1.58 bits per heavy atom. The van der Waals surface area contributed by atoms with Crippen LogP contribution in [0.4, 0.5) is 0 Å². The van der Waals surface area contributed by atoms with Crippen LogP contribution in [0.5, 0.6) is 0 Å². The number of carbonyl (C=O) groups excluding carboxylic acids is 1. The Kier molecular flexibility index (Phi) is 7.35. The summed E-state index contributed by atoms with van der Waals surface area (Å²) in [6.07, 6.45) is 4.38. The van der Waals surface area contributed by atoms with Crippen molar-refractivity contribution in [3.8, 4) is 0 Å². The van der Waals surface area contributed by atoms with Crippen LogP contribution in [0.2, 0.25) is 0 Å². The fraction of sp³-hybridized carbons (Fsp3) is 0.318. The van der Waals surface area contributed by atoms with Gasteiger partial charge in [-0.2, -0.15) is 0 Å². The van der Waals surface area contributed by atoms with Gasteiger partial charge in [-0.05, 0) is 11.1 Å². The maximum atomic E-state index is 12.4. The first-order valence-electron chi connectivity index (χ1n) is 9.14. The third kappa shape index (κ3) is 6.04. The Hall–Kier alpha value is -2.04. The van der Waals surface area contributed by atoms with Crippen LogP contribution in [0.15, 0.2) is 66.7 Å². The second-order valence-corrected chi connectivity index (χ2v) is 7.46. The van der Waals surface area contributed by atoms with Crippen LogP contribution in [-0.2, 0) is 10.5 Å². The minimum Gasteiger partial charge on any atom is -0.339 e. The van der Waals surface area contributed by atoms with Crippen molar-refractivity contribution in [1.29, 1.82) is 0 Å². The van der Waals surface area contributed by atoms with Gasteiger partial charge in [-0.3, -0.25) is 9.69 Å². The molecule has 1 saturated heterocycles. The molecule has 0 bridgehead atoms. The second-order valence-electron chi connectivity index (χ2n) is 6.47. The smallest absolute Gasteiger partial charge is 0.232 e. The van der Waals surface area contributed by atoms with Crippen molar-refractivity contribution in [2.24, 2.45) is 0 Å². The van der Waals surface area contributed by atoms with Crippen LogP contribution < -0.4 is 0 Å². The molecular formula is C22H26N2OS. The molecule has 26 heavy (non-hydrogen) atoms. The number of rotatable bonds is 7. The molecule has 3 rings (SSSR count). The van der Waals surface area contributed by atoms with Crippen LogP contribution >= 0.6 is 11.8 Å². The summed E-state index contributed by atoms with van der Waals surface area (Å²) in [5, 5.41) is 0. The third-order valence-electron chi connectivity index (χ3n) is 4.54. The van der Waals surface area contributed by atoms with E-state index >= 15 is 0 Å². The average Bonchev–Trinajstić information content (AvgIpc) is 2.70. The van der Waals surface area contributed by atoms with Crippen molar-refractivity contribution in [2.45, 2.75) is 5.75 Å². The third-order valence-corrected chi connectivity index (χ3v) is 5.52. The van der Waals surface area contributed by atoms with Crippen LogP contribution in [0.1, 0.15) is 11.1 Å². The van der Waals surface area contributed by atoms with E-state index < -0.39 is 0 Å². The standard InChI is InChI=1S/C22H26N2OS/c25-22(19-26-18-21-10-5-2-6-11-21)24-16-14-23(15-17-24)13-7-12-20-8-3-1-4-9-20/h1-12H,13-19H2/b12-7+. The average molecular weight is 367 g/mol. The van der Waals surface area contributed by atoms with Crippen molar-refractivity contribution < 1.29 is 4.79 Å². The van der Waals surface area contributed by atoms with Gasteiger partial charge in [0.15, 0.2) is 0 Å². The topological polar surface area (TPSA) is 23.6 Å². The molecule has 2 aromatic rings. The van der Waals surface area contributed by atoms with Gasteiger partial charge in [0.2, 0.25) is 5.91 Å². The molecule has 0 radical (unpaired) electrons. The highest BCUT2D eigenvalue weighted by molar-refractivity contribution is 7.99. The molecule has 4 heteroatoms. The summed E-state index contributed by atoms with van der Waals surface area (Å²) in [7, 11) is 0. The molecule has 1 aliphatic heterocycles. The van der Waals surface area contributed by atoms with E-state index in [2.05, 4.69) is 53.5 Å². The molecule has 1 amide bonds. The zero-order valence-electron chi connectivity index (χ0n) is 15.1. The molecule has 0 spiro atoms. The molecule has 136 valence electrons. The Morgan fingerprint density at radius 1 is 0.923 bits per heavy atom. The minimum absolute atomic E-state index is 0.269. The number of amides is 1. The summed E-state index contributed by atoms with van der Waals surface area (Å²) in [6.45, 7) is 4.52. The monoisotopic (exact) mass is 366 g/mol. The van der Waals surface area contributed by atoms with E-state index in [0.717, 1.165) is 38.5 Å². The van der Waals surface area contributed by atoms with Crippen molar-refractivity contribution >= 4 is 23.7 Å². The highest BCUT2D eigenvalue weighted by atomic mass is 32.2. The van der Waals surface area contributed by atoms with Gasteiger partial charge < -0.3 is 4.90 Å². The molecule has 1 heterocycles. The maximum Gasteiger partial charge on any atom is 0.232 e. The summed E-state index contributed by atoms with van der Waals surface area (Å²) >= 11 is 1.70. The van der Waals surface area contributed by atoms with Gasteiger partial charge in [-0.25, -0.2) is 0 Å². The van der Waals surface area contributed by atoms with Gasteiger partial charge in [-0.1, -0.05) is 72.8 Å². The highest BCUT2D eigenvalue weighted by Crippen LogP contribution is 2.13. The summed E-state index contributed by atoms with van der Waals surface area (Å²) in [4.78, 5) is 16.8. The number of piperazine rings is 1. The molecule has 0 unspecified atom stereocenters. The zero-order valence-corrected chi connectivity index (χ0v) is 15.9. The summed E-state index contributed by atoms with van der Waals surface area (Å²) < 4.78 is 0. The van der Waals surface area contributed by atoms with Crippen LogP contribution in [0.25, 0.3) is 6.08 Å². The van der Waals surface area contributed by atoms with Crippen LogP contribution in [0.3, 0.4) is 0 Å². The quantitative estimate of drug-likeness (QED) is 0.745. The Morgan fingerprint density at radius 3 is 2.27 bits per heavy atom. The van der Waals surface area contributed by atoms with E-state index in [1.165, 1.54) is 11.1 Å². The number of hydrogen-bond donors (Lipinski definition) is 0. The fourth-order valence-corrected chi connectivity index (χ4v) is 3.89. The van der Waals surface area contributed by atoms with E-state index in [1.807, 2.05) is 29.2 Å². The molecule has 3 nitrogen and oxygen atoms in total. The van der Waals surface area contributed by atoms with Crippen molar-refractivity contribution in [3.05, 3.63) is 77.9 Å². The number of carbonyl (C=O) groups is 1. The van der Waals surface area contributed by atoms with E-state index in [1.54, 1.807) is 11.8 Å². The molecule has 0 atom stereocenters. The molecule has 0 aliphatic carbocycles. The SMILES string of the molecule is O=C(CSCc1ccccc1)N1CCN(C/C=C/c2ccccc2)CC1. The van der Waals surface area contributed by atoms with Gasteiger partial charge in [0.1, 0.15) is 0 Å². The van der Waals surface area contributed by atoms with Crippen molar-refractivity contribution in [3.63, 3.8) is 0 Å². The predicted molar refractivity (Wildman–Crippen MR) is 111 cm³/mol. The lowest BCUT2D eigenvalue weighted by Gasteiger charge is -2.34. The lowest BCUT2D eigenvalue weighted by Crippen LogP contribution is -2.49. The molecule has 0 N–H and O–H groups in total. The van der Waals surface area contributed by atoms with Gasteiger partial charge in [0, 0.05) is 38.5 Å². The van der Waals surface area contributed by atoms with E-state index in [9.17, 15) is 4.79 Å². The number of benzene rings is 2. The van der Waals surface area contributed by atoms with Crippen LogP contribution in [0, 0.1) is 0 Å².